The van der Waals surface area contributed by atoms with Crippen LogP contribution in [0, 0.1) is 0 Å². The molecular formula is C21H20N2O2S. The van der Waals surface area contributed by atoms with E-state index in [-0.39, 0.29) is 11.8 Å². The molecule has 0 fully saturated rings. The van der Waals surface area contributed by atoms with E-state index >= 15 is 0 Å². The Morgan fingerprint density at radius 1 is 0.846 bits per heavy atom. The van der Waals surface area contributed by atoms with Crippen molar-refractivity contribution < 1.29 is 9.59 Å². The van der Waals surface area contributed by atoms with Crippen molar-refractivity contribution in [2.75, 3.05) is 10.6 Å². The Kier molecular flexibility index (Phi) is 5.49. The maximum Gasteiger partial charge on any atom is 0.265 e. The first-order chi connectivity index (χ1) is 12.5. The molecule has 3 rings (SSSR count). The van der Waals surface area contributed by atoms with E-state index in [1.54, 1.807) is 30.3 Å². The Hall–Kier alpha value is -2.92. The second-order valence-electron chi connectivity index (χ2n) is 6.20. The number of para-hydroxylation sites is 1. The van der Waals surface area contributed by atoms with Crippen LogP contribution >= 0.6 is 11.3 Å². The number of thiophene rings is 1. The Bertz CT molecular complexity index is 900. The van der Waals surface area contributed by atoms with Crippen LogP contribution in [0.25, 0.3) is 0 Å². The second-order valence-corrected chi connectivity index (χ2v) is 7.15. The van der Waals surface area contributed by atoms with E-state index < -0.39 is 0 Å². The molecule has 0 atom stereocenters. The van der Waals surface area contributed by atoms with E-state index in [2.05, 4.69) is 24.5 Å². The Morgan fingerprint density at radius 2 is 1.58 bits per heavy atom. The smallest absolute Gasteiger partial charge is 0.265 e. The summed E-state index contributed by atoms with van der Waals surface area (Å²) in [4.78, 5) is 25.2. The van der Waals surface area contributed by atoms with Crippen LogP contribution in [0.3, 0.4) is 0 Å². The third-order valence-electron chi connectivity index (χ3n) is 3.98. The minimum Gasteiger partial charge on any atom is -0.322 e. The Balaban J connectivity index is 1.69. The van der Waals surface area contributed by atoms with Crippen LogP contribution in [-0.4, -0.2) is 11.8 Å². The van der Waals surface area contributed by atoms with E-state index in [9.17, 15) is 9.59 Å². The van der Waals surface area contributed by atoms with Crippen molar-refractivity contribution in [3.8, 4) is 0 Å². The zero-order chi connectivity index (χ0) is 18.5. The topological polar surface area (TPSA) is 58.2 Å². The fourth-order valence-electron chi connectivity index (χ4n) is 2.61. The molecule has 5 heteroatoms. The van der Waals surface area contributed by atoms with E-state index in [1.165, 1.54) is 11.3 Å². The van der Waals surface area contributed by atoms with Crippen molar-refractivity contribution in [2.24, 2.45) is 0 Å². The average Bonchev–Trinajstić information content (AvgIpc) is 3.17. The van der Waals surface area contributed by atoms with Gasteiger partial charge in [0.1, 0.15) is 0 Å². The second kappa shape index (κ2) is 7.97. The van der Waals surface area contributed by atoms with Gasteiger partial charge in [0.25, 0.3) is 11.8 Å². The number of rotatable bonds is 5. The standard InChI is InChI=1S/C21H20N2O2S/c1-14(2)17-6-3-4-7-18(17)23-20(24)15-9-11-16(12-10-15)22-21(25)19-8-5-13-26-19/h3-14H,1-2H3,(H,22,25)(H,23,24). The van der Waals surface area contributed by atoms with Crippen LogP contribution in [-0.2, 0) is 0 Å². The van der Waals surface area contributed by atoms with E-state index in [0.29, 0.717) is 22.0 Å². The molecule has 2 N–H and O–H groups in total. The summed E-state index contributed by atoms with van der Waals surface area (Å²) in [7, 11) is 0. The minimum absolute atomic E-state index is 0.150. The summed E-state index contributed by atoms with van der Waals surface area (Å²) < 4.78 is 0. The molecule has 0 aliphatic rings. The number of hydrogen-bond donors (Lipinski definition) is 2. The van der Waals surface area contributed by atoms with Crippen LogP contribution in [0.4, 0.5) is 11.4 Å². The molecule has 0 bridgehead atoms. The zero-order valence-electron chi connectivity index (χ0n) is 14.7. The first kappa shape index (κ1) is 17.9. The molecule has 2 amide bonds. The van der Waals surface area contributed by atoms with E-state index in [0.717, 1.165) is 11.3 Å². The van der Waals surface area contributed by atoms with Crippen molar-refractivity contribution in [3.05, 3.63) is 82.0 Å². The van der Waals surface area contributed by atoms with Crippen LogP contribution in [0.15, 0.2) is 66.0 Å². The molecule has 4 nitrogen and oxygen atoms in total. The number of carbonyl (C=O) groups is 2. The van der Waals surface area contributed by atoms with Crippen molar-refractivity contribution in [2.45, 2.75) is 19.8 Å². The largest absolute Gasteiger partial charge is 0.322 e. The highest BCUT2D eigenvalue weighted by molar-refractivity contribution is 7.12. The van der Waals surface area contributed by atoms with Gasteiger partial charge in [-0.3, -0.25) is 9.59 Å². The SMILES string of the molecule is CC(C)c1ccccc1NC(=O)c1ccc(NC(=O)c2cccs2)cc1. The zero-order valence-corrected chi connectivity index (χ0v) is 15.5. The highest BCUT2D eigenvalue weighted by Gasteiger charge is 2.12. The lowest BCUT2D eigenvalue weighted by molar-refractivity contribution is 0.102. The number of anilines is 2. The summed E-state index contributed by atoms with van der Waals surface area (Å²) in [6, 6.07) is 18.3. The molecule has 0 spiro atoms. The number of nitrogens with one attached hydrogen (secondary N) is 2. The molecule has 2 aromatic carbocycles. The van der Waals surface area contributed by atoms with Gasteiger partial charge < -0.3 is 10.6 Å². The highest BCUT2D eigenvalue weighted by atomic mass is 32.1. The molecule has 0 unspecified atom stereocenters. The Morgan fingerprint density at radius 3 is 2.23 bits per heavy atom. The van der Waals surface area contributed by atoms with Gasteiger partial charge in [-0.05, 0) is 53.3 Å². The van der Waals surface area contributed by atoms with Gasteiger partial charge in [0.15, 0.2) is 0 Å². The van der Waals surface area contributed by atoms with Gasteiger partial charge >= 0.3 is 0 Å². The highest BCUT2D eigenvalue weighted by Crippen LogP contribution is 2.24. The predicted octanol–water partition coefficient (Wildman–Crippen LogP) is 5.38. The average molecular weight is 364 g/mol. The summed E-state index contributed by atoms with van der Waals surface area (Å²) >= 11 is 1.39. The maximum atomic E-state index is 12.5. The molecule has 0 saturated heterocycles. The van der Waals surface area contributed by atoms with Gasteiger partial charge in [-0.2, -0.15) is 0 Å². The molecular weight excluding hydrogens is 344 g/mol. The van der Waals surface area contributed by atoms with E-state index in [4.69, 9.17) is 0 Å². The van der Waals surface area contributed by atoms with Gasteiger partial charge in [0.2, 0.25) is 0 Å². The molecule has 0 saturated carbocycles. The first-order valence-electron chi connectivity index (χ1n) is 8.40. The maximum absolute atomic E-state index is 12.5. The minimum atomic E-state index is -0.172. The monoisotopic (exact) mass is 364 g/mol. The lowest BCUT2D eigenvalue weighted by Crippen LogP contribution is -2.14. The molecule has 3 aromatic rings. The molecule has 0 aliphatic heterocycles. The predicted molar refractivity (Wildman–Crippen MR) is 107 cm³/mol. The molecule has 0 radical (unpaired) electrons. The Labute approximate surface area is 156 Å². The molecule has 26 heavy (non-hydrogen) atoms. The molecule has 132 valence electrons. The summed E-state index contributed by atoms with van der Waals surface area (Å²) in [5.74, 6) is -0.00126. The number of amides is 2. The summed E-state index contributed by atoms with van der Waals surface area (Å²) in [5, 5.41) is 7.65. The van der Waals surface area contributed by atoms with Crippen molar-refractivity contribution in [1.29, 1.82) is 0 Å². The number of hydrogen-bond acceptors (Lipinski definition) is 3. The van der Waals surface area contributed by atoms with Gasteiger partial charge in [-0.1, -0.05) is 38.1 Å². The van der Waals surface area contributed by atoms with Gasteiger partial charge in [-0.15, -0.1) is 11.3 Å². The summed E-state index contributed by atoms with van der Waals surface area (Å²) in [5.41, 5.74) is 3.11. The lowest BCUT2D eigenvalue weighted by Gasteiger charge is -2.13. The quantitative estimate of drug-likeness (QED) is 0.639. The first-order valence-corrected chi connectivity index (χ1v) is 9.28. The van der Waals surface area contributed by atoms with Gasteiger partial charge in [-0.25, -0.2) is 0 Å². The molecule has 1 aromatic heterocycles. The van der Waals surface area contributed by atoms with Crippen LogP contribution in [0.2, 0.25) is 0 Å². The fourth-order valence-corrected chi connectivity index (χ4v) is 3.23. The third kappa shape index (κ3) is 4.18. The normalized spacial score (nSPS) is 10.6. The summed E-state index contributed by atoms with van der Waals surface area (Å²) in [6.45, 7) is 4.19. The van der Waals surface area contributed by atoms with E-state index in [1.807, 2.05) is 35.7 Å². The van der Waals surface area contributed by atoms with Gasteiger partial charge in [0.05, 0.1) is 4.88 Å². The van der Waals surface area contributed by atoms with Gasteiger partial charge in [0, 0.05) is 16.9 Å². The molecule has 1 heterocycles. The van der Waals surface area contributed by atoms with Crippen LogP contribution in [0.1, 0.15) is 45.4 Å². The third-order valence-corrected chi connectivity index (χ3v) is 4.85. The van der Waals surface area contributed by atoms with Crippen LogP contribution in [0.5, 0.6) is 0 Å². The van der Waals surface area contributed by atoms with Crippen molar-refractivity contribution >= 4 is 34.5 Å². The summed E-state index contributed by atoms with van der Waals surface area (Å²) in [6.07, 6.45) is 0. The van der Waals surface area contributed by atoms with Crippen LogP contribution < -0.4 is 10.6 Å². The van der Waals surface area contributed by atoms with Crippen molar-refractivity contribution in [3.63, 3.8) is 0 Å². The number of benzene rings is 2. The lowest BCUT2D eigenvalue weighted by atomic mass is 10.0. The number of carbonyl (C=O) groups excluding carboxylic acids is 2. The molecule has 0 aliphatic carbocycles. The van der Waals surface area contributed by atoms with Crippen molar-refractivity contribution in [1.82, 2.24) is 0 Å². The fraction of sp³-hybridized carbons (Fsp3) is 0.143.